The number of rotatable bonds is 3. The molecule has 0 aliphatic carbocycles. The topological polar surface area (TPSA) is 92.7 Å². The van der Waals surface area contributed by atoms with E-state index in [4.69, 9.17) is 9.62 Å². The molecule has 2 aliphatic rings. The minimum atomic E-state index is -0.0160. The van der Waals surface area contributed by atoms with Crippen molar-refractivity contribution in [2.45, 2.75) is 38.5 Å². The Labute approximate surface area is 162 Å². The molecular weight excluding hydrogens is 358 g/mol. The van der Waals surface area contributed by atoms with E-state index in [9.17, 15) is 4.79 Å². The molecule has 9 heteroatoms. The Balaban J connectivity index is 1.33. The Hall–Kier alpha value is -2.97. The largest absolute Gasteiger partial charge is 0.361 e. The van der Waals surface area contributed by atoms with Gasteiger partial charge in [-0.15, -0.1) is 15.3 Å². The number of fused-ring (bicyclic) bond motifs is 1. The van der Waals surface area contributed by atoms with Crippen molar-refractivity contribution in [3.05, 3.63) is 35.5 Å². The van der Waals surface area contributed by atoms with E-state index >= 15 is 0 Å². The standard InChI is InChI=1S/C19H23N7O2/c1-13-15(12-20-28-13)19(27)25-10-6-14(7-11-25)18-22-21-16-4-5-17(23-26(16)18)24-8-2-3-9-24/h4-5,12,14H,2-3,6-11H2,1H3. The highest BCUT2D eigenvalue weighted by Crippen LogP contribution is 2.28. The third-order valence-electron chi connectivity index (χ3n) is 5.83. The van der Waals surface area contributed by atoms with Gasteiger partial charge in [0, 0.05) is 32.1 Å². The average Bonchev–Trinajstić information content (AvgIpc) is 3.48. The van der Waals surface area contributed by atoms with E-state index in [1.807, 2.05) is 21.5 Å². The first kappa shape index (κ1) is 17.2. The normalized spacial score (nSPS) is 18.3. The van der Waals surface area contributed by atoms with E-state index in [0.29, 0.717) is 24.4 Å². The van der Waals surface area contributed by atoms with Crippen LogP contribution in [0.25, 0.3) is 5.65 Å². The number of hydrogen-bond acceptors (Lipinski definition) is 7. The zero-order chi connectivity index (χ0) is 19.1. The highest BCUT2D eigenvalue weighted by molar-refractivity contribution is 5.94. The molecule has 0 aromatic carbocycles. The van der Waals surface area contributed by atoms with Crippen molar-refractivity contribution in [3.63, 3.8) is 0 Å². The second kappa shape index (κ2) is 6.88. The van der Waals surface area contributed by atoms with Crippen LogP contribution in [-0.4, -0.2) is 62.0 Å². The molecule has 0 radical (unpaired) electrons. The molecule has 2 saturated heterocycles. The van der Waals surface area contributed by atoms with Crippen molar-refractivity contribution in [2.24, 2.45) is 0 Å². The predicted octanol–water partition coefficient (Wildman–Crippen LogP) is 2.04. The lowest BCUT2D eigenvalue weighted by Crippen LogP contribution is -2.38. The van der Waals surface area contributed by atoms with Gasteiger partial charge in [0.2, 0.25) is 0 Å². The van der Waals surface area contributed by atoms with Crippen LogP contribution in [0.15, 0.2) is 22.9 Å². The second-order valence-corrected chi connectivity index (χ2v) is 7.58. The molecule has 3 aromatic heterocycles. The predicted molar refractivity (Wildman–Crippen MR) is 101 cm³/mol. The molecule has 2 fully saturated rings. The molecule has 1 amide bonds. The molecule has 3 aromatic rings. The fraction of sp³-hybridized carbons (Fsp3) is 0.526. The average molecular weight is 381 g/mol. The summed E-state index contributed by atoms with van der Waals surface area (Å²) >= 11 is 0. The Kier molecular flexibility index (Phi) is 4.22. The van der Waals surface area contributed by atoms with E-state index < -0.39 is 0 Å². The Morgan fingerprint density at radius 1 is 1.11 bits per heavy atom. The maximum atomic E-state index is 12.7. The first-order valence-corrected chi connectivity index (χ1v) is 9.88. The molecule has 5 rings (SSSR count). The lowest BCUT2D eigenvalue weighted by Gasteiger charge is -2.31. The van der Waals surface area contributed by atoms with Crippen molar-refractivity contribution in [3.8, 4) is 0 Å². The molecule has 0 spiro atoms. The summed E-state index contributed by atoms with van der Waals surface area (Å²) in [7, 11) is 0. The first-order chi connectivity index (χ1) is 13.7. The van der Waals surface area contributed by atoms with Gasteiger partial charge in [-0.2, -0.15) is 4.52 Å². The van der Waals surface area contributed by atoms with Gasteiger partial charge in [0.05, 0.1) is 6.20 Å². The van der Waals surface area contributed by atoms with E-state index in [-0.39, 0.29) is 11.8 Å². The maximum absolute atomic E-state index is 12.7. The smallest absolute Gasteiger partial charge is 0.259 e. The lowest BCUT2D eigenvalue weighted by atomic mass is 9.95. The quantitative estimate of drug-likeness (QED) is 0.685. The molecule has 0 bridgehead atoms. The summed E-state index contributed by atoms with van der Waals surface area (Å²) in [5.74, 6) is 2.67. The number of aromatic nitrogens is 5. The van der Waals surface area contributed by atoms with Crippen LogP contribution in [-0.2, 0) is 0 Å². The van der Waals surface area contributed by atoms with Crippen molar-refractivity contribution in [1.82, 2.24) is 29.9 Å². The fourth-order valence-corrected chi connectivity index (χ4v) is 4.18. The number of aryl methyl sites for hydroxylation is 1. The Bertz CT molecular complexity index is 997. The Morgan fingerprint density at radius 2 is 1.89 bits per heavy atom. The van der Waals surface area contributed by atoms with Crippen molar-refractivity contribution in [2.75, 3.05) is 31.1 Å². The SMILES string of the molecule is Cc1oncc1C(=O)N1CCC(c2nnc3ccc(N4CCCC4)nn23)CC1. The molecule has 9 nitrogen and oxygen atoms in total. The lowest BCUT2D eigenvalue weighted by molar-refractivity contribution is 0.0709. The van der Waals surface area contributed by atoms with Crippen LogP contribution in [0.3, 0.4) is 0 Å². The number of carbonyl (C=O) groups excluding carboxylic acids is 1. The van der Waals surface area contributed by atoms with Gasteiger partial charge in [-0.3, -0.25) is 4.79 Å². The molecular formula is C19H23N7O2. The fourth-order valence-electron chi connectivity index (χ4n) is 4.18. The summed E-state index contributed by atoms with van der Waals surface area (Å²) in [5.41, 5.74) is 1.32. The molecule has 0 N–H and O–H groups in total. The van der Waals surface area contributed by atoms with Gasteiger partial charge < -0.3 is 14.3 Å². The van der Waals surface area contributed by atoms with Crippen molar-refractivity contribution >= 4 is 17.4 Å². The van der Waals surface area contributed by atoms with Gasteiger partial charge in [0.25, 0.3) is 5.91 Å². The number of nitrogens with zero attached hydrogens (tertiary/aromatic N) is 7. The van der Waals surface area contributed by atoms with Crippen molar-refractivity contribution < 1.29 is 9.32 Å². The van der Waals surface area contributed by atoms with E-state index in [2.05, 4.69) is 20.3 Å². The first-order valence-electron chi connectivity index (χ1n) is 9.88. The number of piperidine rings is 1. The molecule has 2 aliphatic heterocycles. The van der Waals surface area contributed by atoms with Gasteiger partial charge in [0.15, 0.2) is 11.5 Å². The third kappa shape index (κ3) is 2.90. The highest BCUT2D eigenvalue weighted by Gasteiger charge is 2.29. The van der Waals surface area contributed by atoms with Crippen LogP contribution in [0.5, 0.6) is 0 Å². The summed E-state index contributed by atoms with van der Waals surface area (Å²) in [6.45, 7) is 5.22. The van der Waals surface area contributed by atoms with E-state index in [1.54, 1.807) is 6.92 Å². The summed E-state index contributed by atoms with van der Waals surface area (Å²) in [5, 5.41) is 17.2. The van der Waals surface area contributed by atoms with E-state index in [0.717, 1.165) is 43.2 Å². The maximum Gasteiger partial charge on any atom is 0.259 e. The number of likely N-dealkylation sites (tertiary alicyclic amines) is 1. The van der Waals surface area contributed by atoms with Crippen LogP contribution in [0, 0.1) is 6.92 Å². The molecule has 0 saturated carbocycles. The van der Waals surface area contributed by atoms with Gasteiger partial charge in [-0.05, 0) is 44.7 Å². The van der Waals surface area contributed by atoms with Crippen LogP contribution in [0.4, 0.5) is 5.82 Å². The van der Waals surface area contributed by atoms with Crippen LogP contribution in [0.1, 0.15) is 53.5 Å². The van der Waals surface area contributed by atoms with Crippen LogP contribution in [0.2, 0.25) is 0 Å². The van der Waals surface area contributed by atoms with Gasteiger partial charge in [-0.25, -0.2) is 0 Å². The number of amides is 1. The molecule has 28 heavy (non-hydrogen) atoms. The molecule has 0 unspecified atom stereocenters. The third-order valence-corrected chi connectivity index (χ3v) is 5.83. The minimum Gasteiger partial charge on any atom is -0.361 e. The summed E-state index contributed by atoms with van der Waals surface area (Å²) < 4.78 is 6.92. The van der Waals surface area contributed by atoms with Crippen LogP contribution >= 0.6 is 0 Å². The van der Waals surface area contributed by atoms with Crippen molar-refractivity contribution in [1.29, 1.82) is 0 Å². The number of anilines is 1. The zero-order valence-corrected chi connectivity index (χ0v) is 15.9. The summed E-state index contributed by atoms with van der Waals surface area (Å²) in [6, 6.07) is 4.02. The van der Waals surface area contributed by atoms with E-state index in [1.165, 1.54) is 19.0 Å². The minimum absolute atomic E-state index is 0.0160. The molecule has 146 valence electrons. The monoisotopic (exact) mass is 381 g/mol. The molecule has 5 heterocycles. The number of carbonyl (C=O) groups is 1. The summed E-state index contributed by atoms with van der Waals surface area (Å²) in [6.07, 6.45) is 5.61. The highest BCUT2D eigenvalue weighted by atomic mass is 16.5. The number of hydrogen-bond donors (Lipinski definition) is 0. The van der Waals surface area contributed by atoms with Crippen LogP contribution < -0.4 is 4.90 Å². The molecule has 0 atom stereocenters. The zero-order valence-electron chi connectivity index (χ0n) is 15.9. The van der Waals surface area contributed by atoms with Gasteiger partial charge >= 0.3 is 0 Å². The Morgan fingerprint density at radius 3 is 2.61 bits per heavy atom. The van der Waals surface area contributed by atoms with Gasteiger partial charge in [-0.1, -0.05) is 5.16 Å². The summed E-state index contributed by atoms with van der Waals surface area (Å²) in [4.78, 5) is 16.8. The second-order valence-electron chi connectivity index (χ2n) is 7.58. The van der Waals surface area contributed by atoms with Gasteiger partial charge in [0.1, 0.15) is 17.1 Å².